The van der Waals surface area contributed by atoms with Gasteiger partial charge in [-0.3, -0.25) is 4.90 Å². The Morgan fingerprint density at radius 3 is 2.96 bits per heavy atom. The molecule has 3 aromatic rings. The minimum Gasteiger partial charge on any atom is -0.369 e. The number of sulfone groups is 1. The smallest absolute Gasteiger partial charge is 0.175 e. The first kappa shape index (κ1) is 19.3. The third kappa shape index (κ3) is 4.51. The molecule has 1 unspecified atom stereocenters. The van der Waals surface area contributed by atoms with Crippen LogP contribution >= 0.6 is 11.3 Å². The molecule has 148 valence electrons. The Kier molecular flexibility index (Phi) is 5.61. The van der Waals surface area contributed by atoms with E-state index in [4.69, 9.17) is 0 Å². The molecule has 1 N–H and O–H groups in total. The van der Waals surface area contributed by atoms with E-state index in [2.05, 4.69) is 37.7 Å². The highest BCUT2D eigenvalue weighted by Crippen LogP contribution is 2.25. The lowest BCUT2D eigenvalue weighted by molar-refractivity contribution is 0.174. The van der Waals surface area contributed by atoms with Gasteiger partial charge in [-0.05, 0) is 54.9 Å². The topological polar surface area (TPSA) is 75.2 Å². The second-order valence-electron chi connectivity index (χ2n) is 7.38. The van der Waals surface area contributed by atoms with Crippen LogP contribution in [-0.4, -0.2) is 49.2 Å². The van der Waals surface area contributed by atoms with Crippen LogP contribution in [0, 0.1) is 5.92 Å². The van der Waals surface area contributed by atoms with Crippen LogP contribution in [0.5, 0.6) is 0 Å². The van der Waals surface area contributed by atoms with Gasteiger partial charge in [-0.1, -0.05) is 6.07 Å². The predicted molar refractivity (Wildman–Crippen MR) is 113 cm³/mol. The zero-order chi connectivity index (χ0) is 19.6. The van der Waals surface area contributed by atoms with E-state index in [1.54, 1.807) is 18.2 Å². The maximum atomic E-state index is 11.9. The lowest BCUT2D eigenvalue weighted by atomic mass is 9.98. The average Bonchev–Trinajstić information content (AvgIpc) is 3.18. The minimum atomic E-state index is -3.27. The van der Waals surface area contributed by atoms with Gasteiger partial charge >= 0.3 is 0 Å². The van der Waals surface area contributed by atoms with Crippen molar-refractivity contribution in [3.8, 4) is 0 Å². The van der Waals surface area contributed by atoms with Crippen molar-refractivity contribution < 1.29 is 8.42 Å². The average molecular weight is 417 g/mol. The number of benzene rings is 1. The van der Waals surface area contributed by atoms with E-state index in [1.807, 2.05) is 11.3 Å². The Morgan fingerprint density at radius 1 is 1.29 bits per heavy atom. The van der Waals surface area contributed by atoms with Gasteiger partial charge in [0.05, 0.1) is 10.4 Å². The number of anilines is 1. The molecule has 2 aromatic heterocycles. The number of aromatic nitrogens is 2. The van der Waals surface area contributed by atoms with Crippen molar-refractivity contribution in [1.82, 2.24) is 14.9 Å². The van der Waals surface area contributed by atoms with Crippen molar-refractivity contribution in [3.63, 3.8) is 0 Å². The summed E-state index contributed by atoms with van der Waals surface area (Å²) in [6, 6.07) is 9.30. The van der Waals surface area contributed by atoms with Gasteiger partial charge in [0.2, 0.25) is 0 Å². The first-order chi connectivity index (χ1) is 13.5. The van der Waals surface area contributed by atoms with E-state index in [1.165, 1.54) is 30.3 Å². The van der Waals surface area contributed by atoms with Crippen LogP contribution in [0.4, 0.5) is 5.82 Å². The molecule has 0 spiro atoms. The van der Waals surface area contributed by atoms with Crippen LogP contribution in [0.1, 0.15) is 17.7 Å². The van der Waals surface area contributed by atoms with Crippen molar-refractivity contribution >= 4 is 37.9 Å². The van der Waals surface area contributed by atoms with Crippen LogP contribution in [0.25, 0.3) is 10.9 Å². The molecule has 1 aliphatic heterocycles. The number of hydrogen-bond acceptors (Lipinski definition) is 7. The molecule has 6 nitrogen and oxygen atoms in total. The van der Waals surface area contributed by atoms with Gasteiger partial charge in [0, 0.05) is 36.2 Å². The summed E-state index contributed by atoms with van der Waals surface area (Å²) >= 11 is 1.81. The Bertz CT molecular complexity index is 1050. The summed E-state index contributed by atoms with van der Waals surface area (Å²) in [4.78, 5) is 12.8. The van der Waals surface area contributed by atoms with Gasteiger partial charge < -0.3 is 5.32 Å². The predicted octanol–water partition coefficient (Wildman–Crippen LogP) is 3.42. The van der Waals surface area contributed by atoms with Crippen LogP contribution in [0.15, 0.2) is 46.9 Å². The van der Waals surface area contributed by atoms with E-state index in [9.17, 15) is 8.42 Å². The van der Waals surface area contributed by atoms with Gasteiger partial charge in [0.25, 0.3) is 0 Å². The molecule has 0 amide bonds. The maximum absolute atomic E-state index is 11.9. The van der Waals surface area contributed by atoms with E-state index < -0.39 is 9.84 Å². The van der Waals surface area contributed by atoms with E-state index in [-0.39, 0.29) is 4.90 Å². The van der Waals surface area contributed by atoms with Gasteiger partial charge in [-0.15, -0.1) is 11.3 Å². The Labute approximate surface area is 169 Å². The van der Waals surface area contributed by atoms with Gasteiger partial charge in [0.1, 0.15) is 12.1 Å². The molecule has 1 saturated heterocycles. The molecule has 28 heavy (non-hydrogen) atoms. The first-order valence-corrected chi connectivity index (χ1v) is 12.2. The minimum absolute atomic E-state index is 0.289. The molecule has 3 heterocycles. The second-order valence-corrected chi connectivity index (χ2v) is 10.4. The molecular formula is C20H24N4O2S2. The Balaban J connectivity index is 1.46. The molecule has 1 atom stereocenters. The summed E-state index contributed by atoms with van der Waals surface area (Å²) in [5.41, 5.74) is 0.743. The summed E-state index contributed by atoms with van der Waals surface area (Å²) in [5.74, 6) is 1.24. The number of nitrogens with zero attached hydrogens (tertiary/aromatic N) is 3. The number of piperidine rings is 1. The molecule has 0 aliphatic carbocycles. The monoisotopic (exact) mass is 416 g/mol. The third-order valence-electron chi connectivity index (χ3n) is 5.16. The Morgan fingerprint density at radius 2 is 2.18 bits per heavy atom. The van der Waals surface area contributed by atoms with E-state index in [0.29, 0.717) is 11.7 Å². The lowest BCUT2D eigenvalue weighted by Crippen LogP contribution is -2.37. The van der Waals surface area contributed by atoms with E-state index >= 15 is 0 Å². The van der Waals surface area contributed by atoms with Crippen molar-refractivity contribution in [3.05, 3.63) is 46.9 Å². The second kappa shape index (κ2) is 8.14. The lowest BCUT2D eigenvalue weighted by Gasteiger charge is -2.32. The quantitative estimate of drug-likeness (QED) is 0.664. The standard InChI is InChI=1S/C20H24N4O2S2/c1-28(25,26)17-6-7-19-18(10-17)20(23-14-22-19)21-11-15-4-2-8-24(12-15)13-16-5-3-9-27-16/h3,5-7,9-10,14-15H,2,4,8,11-13H2,1H3,(H,21,22,23). The molecular weight excluding hydrogens is 392 g/mol. The zero-order valence-corrected chi connectivity index (χ0v) is 17.5. The molecule has 4 rings (SSSR count). The highest BCUT2D eigenvalue weighted by Gasteiger charge is 2.20. The fourth-order valence-electron chi connectivity index (χ4n) is 3.73. The van der Waals surface area contributed by atoms with Crippen molar-refractivity contribution in [1.29, 1.82) is 0 Å². The molecule has 0 radical (unpaired) electrons. The zero-order valence-electron chi connectivity index (χ0n) is 15.8. The fourth-order valence-corrected chi connectivity index (χ4v) is 5.13. The van der Waals surface area contributed by atoms with Gasteiger partial charge in [-0.25, -0.2) is 18.4 Å². The summed E-state index contributed by atoms with van der Waals surface area (Å²) in [5, 5.41) is 6.32. The first-order valence-electron chi connectivity index (χ1n) is 9.42. The van der Waals surface area contributed by atoms with Crippen molar-refractivity contribution in [2.75, 3.05) is 31.2 Å². The van der Waals surface area contributed by atoms with Crippen LogP contribution in [0.3, 0.4) is 0 Å². The fraction of sp³-hybridized carbons (Fsp3) is 0.400. The van der Waals surface area contributed by atoms with Crippen molar-refractivity contribution in [2.45, 2.75) is 24.3 Å². The normalized spacial score (nSPS) is 18.4. The Hall–Kier alpha value is -2.03. The molecule has 0 bridgehead atoms. The molecule has 1 fully saturated rings. The SMILES string of the molecule is CS(=O)(=O)c1ccc2ncnc(NCC3CCCN(Cc4cccs4)C3)c2c1. The highest BCUT2D eigenvalue weighted by molar-refractivity contribution is 7.90. The van der Waals surface area contributed by atoms with Gasteiger partial charge in [0.15, 0.2) is 9.84 Å². The van der Waals surface area contributed by atoms with Gasteiger partial charge in [-0.2, -0.15) is 0 Å². The molecule has 0 saturated carbocycles. The van der Waals surface area contributed by atoms with Crippen LogP contribution in [-0.2, 0) is 16.4 Å². The summed E-state index contributed by atoms with van der Waals surface area (Å²) in [6.45, 7) is 4.03. The largest absolute Gasteiger partial charge is 0.369 e. The van der Waals surface area contributed by atoms with Crippen molar-refractivity contribution in [2.24, 2.45) is 5.92 Å². The summed E-state index contributed by atoms with van der Waals surface area (Å²) < 4.78 is 23.8. The number of thiophene rings is 1. The van der Waals surface area contributed by atoms with E-state index in [0.717, 1.165) is 37.1 Å². The molecule has 1 aromatic carbocycles. The summed E-state index contributed by atoms with van der Waals surface area (Å²) in [7, 11) is -3.27. The number of likely N-dealkylation sites (tertiary alicyclic amines) is 1. The van der Waals surface area contributed by atoms with Crippen LogP contribution < -0.4 is 5.32 Å². The molecule has 8 heteroatoms. The third-order valence-corrected chi connectivity index (χ3v) is 7.13. The number of fused-ring (bicyclic) bond motifs is 1. The summed E-state index contributed by atoms with van der Waals surface area (Å²) in [6.07, 6.45) is 5.12. The maximum Gasteiger partial charge on any atom is 0.175 e. The number of rotatable bonds is 6. The van der Waals surface area contributed by atoms with Crippen LogP contribution in [0.2, 0.25) is 0 Å². The molecule has 1 aliphatic rings. The number of hydrogen-bond donors (Lipinski definition) is 1. The highest BCUT2D eigenvalue weighted by atomic mass is 32.2. The number of nitrogens with one attached hydrogen (secondary N) is 1.